The van der Waals surface area contributed by atoms with E-state index in [0.717, 1.165) is 23.4 Å². The van der Waals surface area contributed by atoms with Gasteiger partial charge in [0.2, 0.25) is 11.7 Å². The Hall–Kier alpha value is -1.40. The fraction of sp³-hybridized carbons (Fsp3) is 0.417. The highest BCUT2D eigenvalue weighted by Crippen LogP contribution is 2.20. The van der Waals surface area contributed by atoms with Crippen molar-refractivity contribution in [3.63, 3.8) is 0 Å². The lowest BCUT2D eigenvalue weighted by Crippen LogP contribution is -2.11. The standard InChI is InChI=1S/C12H16N4OS/c1-8-4-3-6-14-10(8)11-15-12(17-16-11)9(13)5-7-18-2/h3-4,6,9H,5,7,13H2,1-2H3/t9-/m1/s1. The number of aromatic nitrogens is 3. The molecular formula is C12H16N4OS. The van der Waals surface area contributed by atoms with Crippen LogP contribution in [0.5, 0.6) is 0 Å². The third-order valence-corrected chi connectivity index (χ3v) is 3.26. The fourth-order valence-electron chi connectivity index (χ4n) is 1.57. The van der Waals surface area contributed by atoms with E-state index in [-0.39, 0.29) is 6.04 Å². The molecule has 0 saturated heterocycles. The molecular weight excluding hydrogens is 248 g/mol. The Bertz CT molecular complexity index is 514. The molecule has 2 aromatic heterocycles. The maximum absolute atomic E-state index is 5.98. The van der Waals surface area contributed by atoms with Crippen LogP contribution in [0, 0.1) is 6.92 Å². The molecule has 18 heavy (non-hydrogen) atoms. The van der Waals surface area contributed by atoms with Crippen LogP contribution in [0.4, 0.5) is 0 Å². The molecule has 0 bridgehead atoms. The Morgan fingerprint density at radius 3 is 3.06 bits per heavy atom. The molecule has 2 aromatic rings. The van der Waals surface area contributed by atoms with Crippen LogP contribution < -0.4 is 5.73 Å². The molecule has 2 heterocycles. The molecule has 96 valence electrons. The fourth-order valence-corrected chi connectivity index (χ4v) is 2.06. The van der Waals surface area contributed by atoms with Crippen molar-refractivity contribution in [1.82, 2.24) is 15.1 Å². The Labute approximate surface area is 110 Å². The van der Waals surface area contributed by atoms with E-state index in [1.807, 2.05) is 25.3 Å². The van der Waals surface area contributed by atoms with Crippen molar-refractivity contribution in [3.8, 4) is 11.5 Å². The van der Waals surface area contributed by atoms with Crippen molar-refractivity contribution in [3.05, 3.63) is 29.8 Å². The number of nitrogens with two attached hydrogens (primary N) is 1. The second kappa shape index (κ2) is 5.97. The lowest BCUT2D eigenvalue weighted by atomic mass is 10.2. The summed E-state index contributed by atoms with van der Waals surface area (Å²) >= 11 is 1.75. The van der Waals surface area contributed by atoms with E-state index < -0.39 is 0 Å². The minimum absolute atomic E-state index is 0.206. The lowest BCUT2D eigenvalue weighted by Gasteiger charge is -2.03. The Kier molecular flexibility index (Phi) is 4.33. The van der Waals surface area contributed by atoms with Crippen molar-refractivity contribution < 1.29 is 4.52 Å². The highest BCUT2D eigenvalue weighted by Gasteiger charge is 2.16. The average molecular weight is 264 g/mol. The summed E-state index contributed by atoms with van der Waals surface area (Å²) in [6, 6.07) is 3.64. The molecule has 0 fully saturated rings. The van der Waals surface area contributed by atoms with Crippen LogP contribution in [0.1, 0.15) is 23.9 Å². The minimum Gasteiger partial charge on any atom is -0.337 e. The van der Waals surface area contributed by atoms with Crippen LogP contribution in [0.3, 0.4) is 0 Å². The molecule has 2 rings (SSSR count). The van der Waals surface area contributed by atoms with E-state index in [1.54, 1.807) is 18.0 Å². The predicted molar refractivity (Wildman–Crippen MR) is 72.2 cm³/mol. The van der Waals surface area contributed by atoms with Gasteiger partial charge in [-0.1, -0.05) is 11.2 Å². The molecule has 0 radical (unpaired) electrons. The normalized spacial score (nSPS) is 12.6. The molecule has 0 aromatic carbocycles. The van der Waals surface area contributed by atoms with Crippen molar-refractivity contribution in [2.45, 2.75) is 19.4 Å². The Morgan fingerprint density at radius 2 is 2.33 bits per heavy atom. The minimum atomic E-state index is -0.206. The third-order valence-electron chi connectivity index (χ3n) is 2.61. The van der Waals surface area contributed by atoms with E-state index in [9.17, 15) is 0 Å². The highest BCUT2D eigenvalue weighted by molar-refractivity contribution is 7.98. The maximum Gasteiger partial charge on any atom is 0.243 e. The van der Waals surface area contributed by atoms with Crippen molar-refractivity contribution in [2.24, 2.45) is 5.73 Å². The molecule has 6 heteroatoms. The number of hydrogen-bond donors (Lipinski definition) is 1. The molecule has 5 nitrogen and oxygen atoms in total. The number of thioether (sulfide) groups is 1. The zero-order valence-electron chi connectivity index (χ0n) is 10.5. The van der Waals surface area contributed by atoms with E-state index >= 15 is 0 Å². The van der Waals surface area contributed by atoms with Gasteiger partial charge < -0.3 is 10.3 Å². The second-order valence-electron chi connectivity index (χ2n) is 4.01. The summed E-state index contributed by atoms with van der Waals surface area (Å²) in [4.78, 5) is 8.57. The first-order valence-electron chi connectivity index (χ1n) is 5.72. The van der Waals surface area contributed by atoms with Crippen LogP contribution in [-0.2, 0) is 0 Å². The summed E-state index contributed by atoms with van der Waals surface area (Å²) in [5.74, 6) is 1.95. The Morgan fingerprint density at radius 1 is 1.50 bits per heavy atom. The smallest absolute Gasteiger partial charge is 0.243 e. The van der Waals surface area contributed by atoms with Gasteiger partial charge in [-0.25, -0.2) is 0 Å². The van der Waals surface area contributed by atoms with Gasteiger partial charge in [-0.05, 0) is 37.0 Å². The van der Waals surface area contributed by atoms with Gasteiger partial charge in [0.15, 0.2) is 0 Å². The van der Waals surface area contributed by atoms with E-state index in [1.165, 1.54) is 0 Å². The summed E-state index contributed by atoms with van der Waals surface area (Å²) < 4.78 is 5.20. The highest BCUT2D eigenvalue weighted by atomic mass is 32.2. The summed E-state index contributed by atoms with van der Waals surface area (Å²) in [7, 11) is 0. The first-order chi connectivity index (χ1) is 8.72. The molecule has 0 unspecified atom stereocenters. The van der Waals surface area contributed by atoms with Gasteiger partial charge in [0.25, 0.3) is 0 Å². The topological polar surface area (TPSA) is 77.8 Å². The van der Waals surface area contributed by atoms with Gasteiger partial charge in [0.1, 0.15) is 5.69 Å². The molecule has 0 aliphatic carbocycles. The molecule has 0 aliphatic heterocycles. The van der Waals surface area contributed by atoms with Gasteiger partial charge in [-0.3, -0.25) is 4.98 Å². The maximum atomic E-state index is 5.98. The first-order valence-corrected chi connectivity index (χ1v) is 7.12. The van der Waals surface area contributed by atoms with Gasteiger partial charge in [0, 0.05) is 6.20 Å². The number of hydrogen-bond acceptors (Lipinski definition) is 6. The molecule has 0 amide bonds. The van der Waals surface area contributed by atoms with Crippen LogP contribution in [0.25, 0.3) is 11.5 Å². The summed E-state index contributed by atoms with van der Waals surface area (Å²) in [5.41, 5.74) is 7.74. The molecule has 2 N–H and O–H groups in total. The molecule has 0 aliphatic rings. The molecule has 0 saturated carbocycles. The zero-order chi connectivity index (χ0) is 13.0. The number of rotatable bonds is 5. The van der Waals surface area contributed by atoms with Crippen LogP contribution in [0.2, 0.25) is 0 Å². The number of nitrogens with zero attached hydrogens (tertiary/aromatic N) is 3. The number of aryl methyl sites for hydroxylation is 1. The summed E-state index contributed by atoms with van der Waals surface area (Å²) in [5, 5.41) is 3.94. The Balaban J connectivity index is 2.18. The second-order valence-corrected chi connectivity index (χ2v) is 5.00. The van der Waals surface area contributed by atoms with Crippen molar-refractivity contribution in [1.29, 1.82) is 0 Å². The van der Waals surface area contributed by atoms with Crippen LogP contribution in [0.15, 0.2) is 22.9 Å². The van der Waals surface area contributed by atoms with Crippen molar-refractivity contribution in [2.75, 3.05) is 12.0 Å². The van der Waals surface area contributed by atoms with Gasteiger partial charge >= 0.3 is 0 Å². The lowest BCUT2D eigenvalue weighted by molar-refractivity contribution is 0.353. The van der Waals surface area contributed by atoms with Crippen LogP contribution in [-0.4, -0.2) is 27.1 Å². The van der Waals surface area contributed by atoms with Crippen molar-refractivity contribution >= 4 is 11.8 Å². The predicted octanol–water partition coefficient (Wildman–Crippen LogP) is 2.19. The quantitative estimate of drug-likeness (QED) is 0.892. The third kappa shape index (κ3) is 2.88. The molecule has 1 atom stereocenters. The zero-order valence-corrected chi connectivity index (χ0v) is 11.3. The SMILES string of the molecule is CSCC[C@@H](N)c1nc(-c2ncccc2C)no1. The number of pyridine rings is 1. The largest absolute Gasteiger partial charge is 0.337 e. The van der Waals surface area contributed by atoms with Gasteiger partial charge in [0.05, 0.1) is 6.04 Å². The van der Waals surface area contributed by atoms with E-state index in [4.69, 9.17) is 10.3 Å². The summed E-state index contributed by atoms with van der Waals surface area (Å²) in [6.45, 7) is 1.96. The summed E-state index contributed by atoms with van der Waals surface area (Å²) in [6.07, 6.45) is 4.58. The van der Waals surface area contributed by atoms with Gasteiger partial charge in [-0.15, -0.1) is 0 Å². The van der Waals surface area contributed by atoms with Crippen LogP contribution >= 0.6 is 11.8 Å². The first kappa shape index (κ1) is 13.0. The van der Waals surface area contributed by atoms with E-state index in [0.29, 0.717) is 11.7 Å². The molecule has 0 spiro atoms. The van der Waals surface area contributed by atoms with Gasteiger partial charge in [-0.2, -0.15) is 16.7 Å². The van der Waals surface area contributed by atoms with E-state index in [2.05, 4.69) is 15.1 Å². The average Bonchev–Trinajstić information content (AvgIpc) is 2.86. The monoisotopic (exact) mass is 264 g/mol.